The van der Waals surface area contributed by atoms with Crippen molar-refractivity contribution in [1.82, 2.24) is 30.9 Å². The lowest BCUT2D eigenvalue weighted by Gasteiger charge is -2.37. The highest BCUT2D eigenvalue weighted by Crippen LogP contribution is 2.50. The minimum Gasteiger partial charge on any atom is -0.478 e. The quantitative estimate of drug-likeness (QED) is 0.0344. The number of aromatic carboxylic acids is 1. The van der Waals surface area contributed by atoms with E-state index in [1.54, 1.807) is 17.0 Å². The van der Waals surface area contributed by atoms with Gasteiger partial charge in [-0.1, -0.05) is 107 Å². The molecule has 0 radical (unpaired) electrons. The van der Waals surface area contributed by atoms with Crippen molar-refractivity contribution in [2.75, 3.05) is 70.7 Å². The molecule has 446 valence electrons. The number of carboxylic acid groups (broad SMARTS) is 1. The smallest absolute Gasteiger partial charge is 0.336 e. The number of aryl methyl sites for hydroxylation is 3. The second kappa shape index (κ2) is 29.1. The molecule has 0 bridgehead atoms. The average Bonchev–Trinajstić information content (AvgIpc) is 1.37. The highest BCUT2D eigenvalue weighted by atomic mass is 16.5. The molecule has 4 N–H and O–H groups in total. The van der Waals surface area contributed by atoms with Crippen LogP contribution in [0.15, 0.2) is 107 Å². The fraction of sp³-hybridized carbons (Fsp3) is 0.455. The largest absolute Gasteiger partial charge is 0.478 e. The Morgan fingerprint density at radius 2 is 1.50 bits per heavy atom. The summed E-state index contributed by atoms with van der Waals surface area (Å²) in [6.07, 6.45) is 6.88. The molecule has 3 aliphatic rings. The first-order valence-corrected chi connectivity index (χ1v) is 29.6. The number of fused-ring (bicyclic) bond motifs is 7. The van der Waals surface area contributed by atoms with Gasteiger partial charge in [0, 0.05) is 92.2 Å². The normalized spacial score (nSPS) is 15.7. The van der Waals surface area contributed by atoms with E-state index in [1.165, 1.54) is 11.6 Å². The highest BCUT2D eigenvalue weighted by Gasteiger charge is 2.40. The first kappa shape index (κ1) is 62.3. The van der Waals surface area contributed by atoms with Crippen LogP contribution in [0.25, 0.3) is 22.5 Å². The lowest BCUT2D eigenvalue weighted by Crippen LogP contribution is -2.36. The Bertz CT molecular complexity index is 3290. The summed E-state index contributed by atoms with van der Waals surface area (Å²) in [6, 6.07) is 24.6. The van der Waals surface area contributed by atoms with Crippen LogP contribution in [0.4, 0.5) is 5.69 Å². The van der Waals surface area contributed by atoms with Crippen molar-refractivity contribution in [2.24, 2.45) is 22.2 Å². The van der Waals surface area contributed by atoms with Gasteiger partial charge in [-0.25, -0.2) is 9.48 Å². The lowest BCUT2D eigenvalue weighted by atomic mass is 9.72. The summed E-state index contributed by atoms with van der Waals surface area (Å²) in [5.74, 6) is -0.791. The van der Waals surface area contributed by atoms with E-state index < -0.39 is 11.9 Å². The maximum Gasteiger partial charge on any atom is 0.336 e. The molecule has 0 fully saturated rings. The van der Waals surface area contributed by atoms with Crippen molar-refractivity contribution in [3.05, 3.63) is 141 Å². The first-order valence-electron chi connectivity index (χ1n) is 29.6. The van der Waals surface area contributed by atoms with E-state index in [9.17, 15) is 29.1 Å². The summed E-state index contributed by atoms with van der Waals surface area (Å²) in [6.45, 7) is 21.0. The number of carboxylic acids is 1. The minimum atomic E-state index is -1.12. The van der Waals surface area contributed by atoms with Crippen LogP contribution >= 0.6 is 0 Å². The van der Waals surface area contributed by atoms with Gasteiger partial charge in [0.25, 0.3) is 5.91 Å². The number of rotatable bonds is 28. The maximum atomic E-state index is 14.0. The molecule has 18 nitrogen and oxygen atoms in total. The van der Waals surface area contributed by atoms with E-state index in [1.807, 2.05) is 73.1 Å². The number of aliphatic imine (C=N–C) groups is 1. The fourth-order valence-corrected chi connectivity index (χ4v) is 10.7. The number of para-hydroxylation sites is 1. The molecular formula is C66H82N8O10. The number of hydrogen-bond donors (Lipinski definition) is 4. The number of hydrogen-bond acceptors (Lipinski definition) is 12. The summed E-state index contributed by atoms with van der Waals surface area (Å²) in [5.41, 5.74) is 10.6. The number of nitrogens with zero attached hydrogens (tertiary/aromatic N) is 5. The molecule has 1 aromatic heterocycles. The van der Waals surface area contributed by atoms with Gasteiger partial charge < -0.3 is 44.9 Å². The van der Waals surface area contributed by atoms with E-state index in [0.29, 0.717) is 86.7 Å². The molecule has 3 heterocycles. The Balaban J connectivity index is 0.734. The van der Waals surface area contributed by atoms with Crippen LogP contribution in [-0.4, -0.2) is 121 Å². The molecule has 8 rings (SSSR count). The minimum absolute atomic E-state index is 0.00496. The molecular weight excluding hydrogens is 1060 g/mol. The molecule has 18 heteroatoms. The average molecular weight is 1150 g/mol. The molecule has 1 aliphatic carbocycles. The number of nitrogens with one attached hydrogen (secondary N) is 3. The Hall–Kier alpha value is -7.80. The van der Waals surface area contributed by atoms with E-state index in [0.717, 1.165) is 57.6 Å². The van der Waals surface area contributed by atoms with Gasteiger partial charge in [0.1, 0.15) is 17.2 Å². The summed E-state index contributed by atoms with van der Waals surface area (Å²) in [7, 11) is 0. The molecule has 0 saturated carbocycles. The standard InChI is InChI=1S/C66H82N8O10/c1-9-16-45-38-56-52(35-43(45)5)61(53-36-44(6)54(67-10-2)39-57(53)84-56)49-23-22-46(37-51(49)65(79)80)64(78)69-27-30-82-32-34-83-33-31-81-29-26-68-59(76)24-25-60(77)73-40-47-17-11-12-18-48(47)63-62(50-19-13-14-20-55(50)73)71-72-74(63)28-15-21-58(75)70-41-66(7,8)42(3)4/h11-14,17-20,22-23,35-39,42,53,61H,9-10,15-16,21,24-34,40-41H2,1-8H3,(H,68,76)(H,69,78)(H,70,75)(H,79,80). The van der Waals surface area contributed by atoms with Gasteiger partial charge >= 0.3 is 5.97 Å². The number of ether oxygens (including phenoxy) is 4. The van der Waals surface area contributed by atoms with Crippen molar-refractivity contribution in [2.45, 2.75) is 113 Å². The van der Waals surface area contributed by atoms with Crippen LogP contribution in [0.5, 0.6) is 5.75 Å². The van der Waals surface area contributed by atoms with Crippen LogP contribution < -0.4 is 25.6 Å². The Morgan fingerprint density at radius 1 is 0.810 bits per heavy atom. The number of carbonyl (C=O) groups excluding carboxylic acids is 4. The van der Waals surface area contributed by atoms with Gasteiger partial charge in [0.2, 0.25) is 17.7 Å². The number of allylic oxidation sites excluding steroid dienone is 3. The van der Waals surface area contributed by atoms with E-state index >= 15 is 0 Å². The van der Waals surface area contributed by atoms with Crippen molar-refractivity contribution in [3.63, 3.8) is 0 Å². The first-order chi connectivity index (χ1) is 40.5. The predicted molar refractivity (Wildman–Crippen MR) is 324 cm³/mol. The number of anilines is 1. The third kappa shape index (κ3) is 15.3. The van der Waals surface area contributed by atoms with Crippen molar-refractivity contribution >= 4 is 41.0 Å². The van der Waals surface area contributed by atoms with Gasteiger partial charge in [-0.3, -0.25) is 24.2 Å². The Labute approximate surface area is 493 Å². The molecule has 4 aromatic carbocycles. The van der Waals surface area contributed by atoms with Gasteiger partial charge in [-0.05, 0) is 97.0 Å². The van der Waals surface area contributed by atoms with E-state index in [4.69, 9.17) is 18.9 Å². The molecule has 2 unspecified atom stereocenters. The van der Waals surface area contributed by atoms with Crippen molar-refractivity contribution < 1.29 is 48.0 Å². The van der Waals surface area contributed by atoms with Crippen molar-refractivity contribution in [3.8, 4) is 28.3 Å². The van der Waals surface area contributed by atoms with Crippen LogP contribution in [0.1, 0.15) is 135 Å². The zero-order valence-corrected chi connectivity index (χ0v) is 50.0. The third-order valence-electron chi connectivity index (χ3n) is 16.1. The molecule has 4 amide bonds. The lowest BCUT2D eigenvalue weighted by molar-refractivity contribution is -0.125. The van der Waals surface area contributed by atoms with E-state index in [-0.39, 0.29) is 98.4 Å². The molecule has 84 heavy (non-hydrogen) atoms. The highest BCUT2D eigenvalue weighted by molar-refractivity contribution is 6.09. The Kier molecular flexibility index (Phi) is 21.6. The maximum absolute atomic E-state index is 14.0. The second-order valence-corrected chi connectivity index (χ2v) is 22.7. The zero-order valence-electron chi connectivity index (χ0n) is 50.0. The molecule has 2 atom stereocenters. The monoisotopic (exact) mass is 1150 g/mol. The number of carbonyl (C=O) groups is 5. The van der Waals surface area contributed by atoms with Crippen molar-refractivity contribution in [1.29, 1.82) is 0 Å². The summed E-state index contributed by atoms with van der Waals surface area (Å²) < 4.78 is 25.4. The SMILES string of the molecule is CCCc1cc2c(cc1C)C(c1ccc(C(=O)NCCOCCOCCOCCNC(=O)CCC(=O)N3Cc4ccccc4-c4c(nnn4CCCC(=O)NCC(C)(C)C(C)C)-c4ccccc43)cc1C(=O)O)C1C=C(C)C(=NCC)C=C1O2. The van der Waals surface area contributed by atoms with Gasteiger partial charge in [-0.15, -0.1) is 5.10 Å². The fourth-order valence-electron chi connectivity index (χ4n) is 10.7. The van der Waals surface area contributed by atoms with Gasteiger partial charge in [0.05, 0.1) is 68.8 Å². The summed E-state index contributed by atoms with van der Waals surface area (Å²) >= 11 is 0. The number of aromatic nitrogens is 3. The zero-order chi connectivity index (χ0) is 59.9. The van der Waals surface area contributed by atoms with Crippen LogP contribution in [-0.2, 0) is 48.1 Å². The Morgan fingerprint density at radius 3 is 2.21 bits per heavy atom. The van der Waals surface area contributed by atoms with E-state index in [2.05, 4.69) is 91.0 Å². The van der Waals surface area contributed by atoms with Crippen LogP contribution in [0.2, 0.25) is 0 Å². The second-order valence-electron chi connectivity index (χ2n) is 22.7. The molecule has 0 saturated heterocycles. The number of amides is 4. The van der Waals surface area contributed by atoms with Crippen LogP contribution in [0.3, 0.4) is 0 Å². The van der Waals surface area contributed by atoms with Crippen LogP contribution in [0, 0.1) is 24.2 Å². The summed E-state index contributed by atoms with van der Waals surface area (Å²) in [5, 5.41) is 28.6. The molecule has 0 spiro atoms. The predicted octanol–water partition coefficient (Wildman–Crippen LogP) is 9.82. The van der Waals surface area contributed by atoms with Gasteiger partial charge in [0.15, 0.2) is 0 Å². The molecule has 5 aromatic rings. The number of benzene rings is 4. The summed E-state index contributed by atoms with van der Waals surface area (Å²) in [4.78, 5) is 72.5. The van der Waals surface area contributed by atoms with Gasteiger partial charge in [-0.2, -0.15) is 0 Å². The third-order valence-corrected chi connectivity index (χ3v) is 16.1. The molecule has 2 aliphatic heterocycles. The topological polar surface area (TPSA) is 225 Å².